The van der Waals surface area contributed by atoms with Crippen molar-refractivity contribution in [3.05, 3.63) is 60.4 Å². The lowest BCUT2D eigenvalue weighted by Gasteiger charge is -2.12. The van der Waals surface area contributed by atoms with Crippen molar-refractivity contribution in [1.29, 1.82) is 0 Å². The number of aromatic nitrogens is 2. The van der Waals surface area contributed by atoms with Crippen molar-refractivity contribution in [3.8, 4) is 17.2 Å². The number of halogens is 1. The van der Waals surface area contributed by atoms with Crippen LogP contribution >= 0.6 is 0 Å². The van der Waals surface area contributed by atoms with Gasteiger partial charge in [-0.2, -0.15) is 0 Å². The van der Waals surface area contributed by atoms with Gasteiger partial charge >= 0.3 is 12.0 Å². The number of carboxylic acid groups (broad SMARTS) is 1. The predicted molar refractivity (Wildman–Crippen MR) is 112 cm³/mol. The van der Waals surface area contributed by atoms with Crippen molar-refractivity contribution >= 4 is 33.8 Å². The van der Waals surface area contributed by atoms with E-state index < -0.39 is 18.7 Å². The second-order valence-electron chi connectivity index (χ2n) is 6.61. The van der Waals surface area contributed by atoms with E-state index in [1.807, 2.05) is 0 Å². The Labute approximate surface area is 175 Å². The Balaban J connectivity index is 1.69. The van der Waals surface area contributed by atoms with Gasteiger partial charge in [0.25, 0.3) is 0 Å². The van der Waals surface area contributed by atoms with E-state index >= 15 is 0 Å². The number of amides is 1. The van der Waals surface area contributed by atoms with Gasteiger partial charge in [-0.3, -0.25) is 9.55 Å². The summed E-state index contributed by atoms with van der Waals surface area (Å²) in [5, 5.41) is 13.2. The number of carbonyl (C=O) groups excluding carboxylic acids is 1. The van der Waals surface area contributed by atoms with E-state index in [0.29, 0.717) is 27.9 Å². The molecule has 4 aromatic rings. The SMILES string of the molecule is COc1cc2nccc(Oc3ccc4c(ccn4C(=O)NCCF)c3)c2cc1C(=O)O. The first-order valence-electron chi connectivity index (χ1n) is 9.35. The lowest BCUT2D eigenvalue weighted by atomic mass is 10.1. The summed E-state index contributed by atoms with van der Waals surface area (Å²) in [6.07, 6.45) is 3.15. The number of nitrogens with one attached hydrogen (secondary N) is 1. The fourth-order valence-corrected chi connectivity index (χ4v) is 3.30. The summed E-state index contributed by atoms with van der Waals surface area (Å²) in [5.41, 5.74) is 1.16. The molecule has 0 spiro atoms. The number of rotatable bonds is 6. The van der Waals surface area contributed by atoms with Gasteiger partial charge < -0.3 is 19.9 Å². The summed E-state index contributed by atoms with van der Waals surface area (Å²) in [4.78, 5) is 28.0. The molecule has 0 saturated heterocycles. The molecule has 31 heavy (non-hydrogen) atoms. The first-order valence-corrected chi connectivity index (χ1v) is 9.35. The normalized spacial score (nSPS) is 10.9. The molecule has 2 aromatic heterocycles. The van der Waals surface area contributed by atoms with E-state index in [1.165, 1.54) is 17.7 Å². The summed E-state index contributed by atoms with van der Waals surface area (Å²) < 4.78 is 24.9. The second kappa shape index (κ2) is 8.31. The minimum absolute atomic E-state index is 0.000305. The smallest absolute Gasteiger partial charge is 0.339 e. The maximum atomic E-state index is 12.3. The highest BCUT2D eigenvalue weighted by Gasteiger charge is 2.16. The van der Waals surface area contributed by atoms with Crippen LogP contribution in [0.1, 0.15) is 10.4 Å². The lowest BCUT2D eigenvalue weighted by Crippen LogP contribution is -2.29. The summed E-state index contributed by atoms with van der Waals surface area (Å²) in [6, 6.07) is 11.1. The van der Waals surface area contributed by atoms with Crippen LogP contribution in [0, 0.1) is 0 Å². The zero-order valence-corrected chi connectivity index (χ0v) is 16.5. The molecular weight excluding hydrogens is 405 g/mol. The van der Waals surface area contributed by atoms with Gasteiger partial charge in [0.2, 0.25) is 0 Å². The van der Waals surface area contributed by atoms with Crippen molar-refractivity contribution in [1.82, 2.24) is 14.9 Å². The fraction of sp³-hybridized carbons (Fsp3) is 0.136. The van der Waals surface area contributed by atoms with Crippen LogP contribution in [0.15, 0.2) is 54.9 Å². The largest absolute Gasteiger partial charge is 0.496 e. The predicted octanol–water partition coefficient (Wildman–Crippen LogP) is 4.22. The highest BCUT2D eigenvalue weighted by atomic mass is 19.1. The van der Waals surface area contributed by atoms with Gasteiger partial charge in [-0.15, -0.1) is 0 Å². The zero-order chi connectivity index (χ0) is 22.0. The molecule has 9 heteroatoms. The van der Waals surface area contributed by atoms with E-state index in [2.05, 4.69) is 10.3 Å². The standard InChI is InChI=1S/C22H18FN3O5/c1-30-20-12-17-15(11-16(20)21(27)28)19(4-7-24-17)31-14-2-3-18-13(10-14)5-9-26(18)22(29)25-8-6-23/h2-5,7,9-12H,6,8H2,1H3,(H,25,29)(H,27,28). The molecule has 158 valence electrons. The highest BCUT2D eigenvalue weighted by Crippen LogP contribution is 2.34. The second-order valence-corrected chi connectivity index (χ2v) is 6.61. The number of methoxy groups -OCH3 is 1. The summed E-state index contributed by atoms with van der Waals surface area (Å²) in [6.45, 7) is -0.698. The zero-order valence-electron chi connectivity index (χ0n) is 16.5. The molecule has 0 saturated carbocycles. The quantitative estimate of drug-likeness (QED) is 0.482. The molecule has 0 fully saturated rings. The summed E-state index contributed by atoms with van der Waals surface area (Å²) in [7, 11) is 1.40. The van der Waals surface area contributed by atoms with Gasteiger partial charge in [0, 0.05) is 35.8 Å². The molecule has 0 aliphatic carbocycles. The van der Waals surface area contributed by atoms with Crippen LogP contribution in [0.4, 0.5) is 9.18 Å². The third-order valence-electron chi connectivity index (χ3n) is 4.73. The van der Waals surface area contributed by atoms with Gasteiger partial charge in [-0.25, -0.2) is 14.0 Å². The van der Waals surface area contributed by atoms with E-state index in [0.717, 1.165) is 5.39 Å². The van der Waals surface area contributed by atoms with Crippen molar-refractivity contribution < 1.29 is 28.6 Å². The number of carboxylic acids is 1. The lowest BCUT2D eigenvalue weighted by molar-refractivity contribution is 0.0693. The van der Waals surface area contributed by atoms with Crippen LogP contribution in [0.5, 0.6) is 17.2 Å². The van der Waals surface area contributed by atoms with Crippen molar-refractivity contribution in [2.75, 3.05) is 20.3 Å². The van der Waals surface area contributed by atoms with Crippen LogP contribution in [-0.4, -0.2) is 47.0 Å². The Bertz CT molecular complexity index is 1300. The number of hydrogen-bond acceptors (Lipinski definition) is 5. The van der Waals surface area contributed by atoms with Crippen LogP contribution in [0.2, 0.25) is 0 Å². The minimum atomic E-state index is -1.12. The average Bonchev–Trinajstić information content (AvgIpc) is 3.20. The Kier molecular flexibility index (Phi) is 5.40. The Hall–Kier alpha value is -4.14. The first-order chi connectivity index (χ1) is 15.0. The molecule has 2 aromatic carbocycles. The van der Waals surface area contributed by atoms with Crippen molar-refractivity contribution in [2.24, 2.45) is 0 Å². The number of carbonyl (C=O) groups is 2. The molecule has 0 radical (unpaired) electrons. The van der Waals surface area contributed by atoms with Gasteiger partial charge in [0.1, 0.15) is 29.5 Å². The van der Waals surface area contributed by atoms with Crippen LogP contribution in [0.25, 0.3) is 21.8 Å². The maximum Gasteiger partial charge on any atom is 0.339 e. The van der Waals surface area contributed by atoms with Gasteiger partial charge in [0.05, 0.1) is 18.1 Å². The molecule has 0 aliphatic heterocycles. The number of aromatic carboxylic acids is 1. The number of nitrogens with zero attached hydrogens (tertiary/aromatic N) is 2. The Morgan fingerprint density at radius 3 is 2.74 bits per heavy atom. The monoisotopic (exact) mass is 423 g/mol. The first kappa shape index (κ1) is 20.1. The number of benzene rings is 2. The third kappa shape index (κ3) is 3.85. The molecule has 2 heterocycles. The Morgan fingerprint density at radius 2 is 2.00 bits per heavy atom. The molecule has 4 rings (SSSR count). The van der Waals surface area contributed by atoms with E-state index in [9.17, 15) is 19.1 Å². The molecule has 1 amide bonds. The summed E-state index contributed by atoms with van der Waals surface area (Å²) >= 11 is 0. The number of hydrogen-bond donors (Lipinski definition) is 2. The number of pyridine rings is 1. The molecule has 0 unspecified atom stereocenters. The number of fused-ring (bicyclic) bond motifs is 2. The van der Waals surface area contributed by atoms with Crippen molar-refractivity contribution in [2.45, 2.75) is 0 Å². The van der Waals surface area contributed by atoms with Crippen LogP contribution in [-0.2, 0) is 0 Å². The molecule has 8 nitrogen and oxygen atoms in total. The molecule has 0 aliphatic rings. The number of alkyl halides is 1. The molecular formula is C22H18FN3O5. The van der Waals surface area contributed by atoms with Crippen molar-refractivity contribution in [3.63, 3.8) is 0 Å². The van der Waals surface area contributed by atoms with E-state index in [1.54, 1.807) is 48.8 Å². The topological polar surface area (TPSA) is 103 Å². The van der Waals surface area contributed by atoms with E-state index in [4.69, 9.17) is 9.47 Å². The van der Waals surface area contributed by atoms with Crippen LogP contribution in [0.3, 0.4) is 0 Å². The van der Waals surface area contributed by atoms with Gasteiger partial charge in [-0.1, -0.05) is 0 Å². The fourth-order valence-electron chi connectivity index (χ4n) is 3.30. The maximum absolute atomic E-state index is 12.3. The van der Waals surface area contributed by atoms with Crippen LogP contribution < -0.4 is 14.8 Å². The van der Waals surface area contributed by atoms with Gasteiger partial charge in [-0.05, 0) is 36.4 Å². The van der Waals surface area contributed by atoms with E-state index in [-0.39, 0.29) is 17.9 Å². The highest BCUT2D eigenvalue weighted by molar-refractivity contribution is 5.98. The molecule has 0 atom stereocenters. The number of ether oxygens (including phenoxy) is 2. The molecule has 0 bridgehead atoms. The Morgan fingerprint density at radius 1 is 1.16 bits per heavy atom. The summed E-state index contributed by atoms with van der Waals surface area (Å²) in [5.74, 6) is 0.00466. The molecule has 2 N–H and O–H groups in total. The van der Waals surface area contributed by atoms with Gasteiger partial charge in [0.15, 0.2) is 0 Å². The third-order valence-corrected chi connectivity index (χ3v) is 4.73. The average molecular weight is 423 g/mol. The minimum Gasteiger partial charge on any atom is -0.496 e.